The van der Waals surface area contributed by atoms with Crippen LogP contribution in [0.4, 0.5) is 0 Å². The van der Waals surface area contributed by atoms with Crippen molar-refractivity contribution in [3.05, 3.63) is 36.5 Å². The van der Waals surface area contributed by atoms with Crippen LogP contribution in [0.25, 0.3) is 0 Å². The van der Waals surface area contributed by atoms with E-state index in [0.717, 1.165) is 19.3 Å². The molecule has 0 heterocycles. The Morgan fingerprint density at radius 2 is 1.25 bits per heavy atom. The van der Waals surface area contributed by atoms with Gasteiger partial charge < -0.3 is 5.11 Å². The number of hydrogen-bond donors (Lipinski definition) is 1. The van der Waals surface area contributed by atoms with Gasteiger partial charge in [-0.2, -0.15) is 0 Å². The molecule has 0 aliphatic carbocycles. The van der Waals surface area contributed by atoms with Crippen molar-refractivity contribution in [3.63, 3.8) is 0 Å². The Morgan fingerprint density at radius 3 is 1.88 bits per heavy atom. The molecule has 0 saturated carbocycles. The zero-order chi connectivity index (χ0) is 17.7. The van der Waals surface area contributed by atoms with Gasteiger partial charge in [0.1, 0.15) is 0 Å². The third kappa shape index (κ3) is 17.5. The van der Waals surface area contributed by atoms with Gasteiger partial charge in [-0.05, 0) is 50.9 Å². The molecule has 0 rings (SSSR count). The average molecular weight is 335 g/mol. The molecule has 1 atom stereocenters. The van der Waals surface area contributed by atoms with Crippen LogP contribution in [0.5, 0.6) is 0 Å². The van der Waals surface area contributed by atoms with Gasteiger partial charge in [0.05, 0.1) is 0 Å². The SMILES string of the molecule is CC/C=C\C/C=C\C/C=C\CCCCCCCCC(CO)CCC. The number of allylic oxidation sites excluding steroid dienone is 6. The number of aliphatic hydroxyl groups excluding tert-OH is 1. The summed E-state index contributed by atoms with van der Waals surface area (Å²) in [5.74, 6) is 0.553. The summed E-state index contributed by atoms with van der Waals surface area (Å²) in [5.41, 5.74) is 0. The summed E-state index contributed by atoms with van der Waals surface area (Å²) in [4.78, 5) is 0. The lowest BCUT2D eigenvalue weighted by Crippen LogP contribution is -2.05. The molecule has 1 unspecified atom stereocenters. The van der Waals surface area contributed by atoms with E-state index in [-0.39, 0.29) is 0 Å². The molecule has 0 aliphatic rings. The summed E-state index contributed by atoms with van der Waals surface area (Å²) in [6, 6.07) is 0. The predicted octanol–water partition coefficient (Wildman–Crippen LogP) is 7.37. The van der Waals surface area contributed by atoms with E-state index < -0.39 is 0 Å². The summed E-state index contributed by atoms with van der Waals surface area (Å²) < 4.78 is 0. The minimum atomic E-state index is 0.380. The van der Waals surface area contributed by atoms with Crippen LogP contribution in [0.3, 0.4) is 0 Å². The molecule has 0 saturated heterocycles. The van der Waals surface area contributed by atoms with Crippen LogP contribution in [-0.4, -0.2) is 11.7 Å². The van der Waals surface area contributed by atoms with Gasteiger partial charge in [0, 0.05) is 6.61 Å². The molecule has 0 amide bonds. The minimum Gasteiger partial charge on any atom is -0.396 e. The van der Waals surface area contributed by atoms with Crippen molar-refractivity contribution >= 4 is 0 Å². The molecule has 1 nitrogen and oxygen atoms in total. The third-order valence-corrected chi connectivity index (χ3v) is 4.47. The predicted molar refractivity (Wildman–Crippen MR) is 109 cm³/mol. The van der Waals surface area contributed by atoms with Gasteiger partial charge in [0.25, 0.3) is 0 Å². The molecule has 1 heteroatoms. The maximum Gasteiger partial charge on any atom is 0.0459 e. The highest BCUT2D eigenvalue weighted by molar-refractivity contribution is 4.96. The Hall–Kier alpha value is -0.820. The van der Waals surface area contributed by atoms with Crippen molar-refractivity contribution in [2.24, 2.45) is 5.92 Å². The lowest BCUT2D eigenvalue weighted by atomic mass is 9.97. The highest BCUT2D eigenvalue weighted by Crippen LogP contribution is 2.16. The average Bonchev–Trinajstić information content (AvgIpc) is 2.60. The van der Waals surface area contributed by atoms with Crippen molar-refractivity contribution < 1.29 is 5.11 Å². The van der Waals surface area contributed by atoms with E-state index in [1.165, 1.54) is 64.2 Å². The molecule has 0 bridgehead atoms. The molecule has 0 radical (unpaired) electrons. The van der Waals surface area contributed by atoms with Gasteiger partial charge >= 0.3 is 0 Å². The Kier molecular flexibility index (Phi) is 19.5. The number of aliphatic hydroxyl groups is 1. The zero-order valence-corrected chi connectivity index (χ0v) is 16.4. The van der Waals surface area contributed by atoms with Crippen LogP contribution in [0, 0.1) is 5.92 Å². The second kappa shape index (κ2) is 20.2. The van der Waals surface area contributed by atoms with Gasteiger partial charge in [0.15, 0.2) is 0 Å². The minimum absolute atomic E-state index is 0.380. The van der Waals surface area contributed by atoms with E-state index >= 15 is 0 Å². The molecular formula is C23H42O. The third-order valence-electron chi connectivity index (χ3n) is 4.47. The molecular weight excluding hydrogens is 292 g/mol. The quantitative estimate of drug-likeness (QED) is 0.217. The van der Waals surface area contributed by atoms with E-state index in [4.69, 9.17) is 0 Å². The summed E-state index contributed by atoms with van der Waals surface area (Å²) in [6.45, 7) is 4.76. The van der Waals surface area contributed by atoms with Gasteiger partial charge in [0.2, 0.25) is 0 Å². The maximum atomic E-state index is 9.27. The van der Waals surface area contributed by atoms with Crippen LogP contribution in [0.1, 0.15) is 97.3 Å². The Labute approximate surface area is 151 Å². The molecule has 0 aliphatic heterocycles. The van der Waals surface area contributed by atoms with Crippen molar-refractivity contribution in [3.8, 4) is 0 Å². The van der Waals surface area contributed by atoms with E-state index in [2.05, 4.69) is 50.3 Å². The van der Waals surface area contributed by atoms with E-state index in [1.54, 1.807) is 0 Å². The molecule has 0 aromatic carbocycles. The second-order valence-electron chi connectivity index (χ2n) is 6.83. The molecule has 0 spiro atoms. The lowest BCUT2D eigenvalue weighted by Gasteiger charge is -2.12. The van der Waals surface area contributed by atoms with Crippen molar-refractivity contribution in [2.45, 2.75) is 97.3 Å². The summed E-state index contributed by atoms with van der Waals surface area (Å²) in [5, 5.41) is 9.27. The molecule has 24 heavy (non-hydrogen) atoms. The highest BCUT2D eigenvalue weighted by Gasteiger charge is 2.05. The fourth-order valence-corrected chi connectivity index (χ4v) is 2.96. The fraction of sp³-hybridized carbons (Fsp3) is 0.739. The van der Waals surface area contributed by atoms with E-state index in [0.29, 0.717) is 12.5 Å². The van der Waals surface area contributed by atoms with Crippen LogP contribution >= 0.6 is 0 Å². The van der Waals surface area contributed by atoms with Gasteiger partial charge in [-0.25, -0.2) is 0 Å². The highest BCUT2D eigenvalue weighted by atomic mass is 16.3. The zero-order valence-electron chi connectivity index (χ0n) is 16.4. The number of unbranched alkanes of at least 4 members (excludes halogenated alkanes) is 6. The Morgan fingerprint density at radius 1 is 0.667 bits per heavy atom. The Balaban J connectivity index is 3.30. The topological polar surface area (TPSA) is 20.2 Å². The number of rotatable bonds is 17. The van der Waals surface area contributed by atoms with E-state index in [9.17, 15) is 5.11 Å². The van der Waals surface area contributed by atoms with Gasteiger partial charge in [-0.1, -0.05) is 88.8 Å². The first-order chi connectivity index (χ1) is 11.8. The first kappa shape index (κ1) is 23.2. The monoisotopic (exact) mass is 334 g/mol. The van der Waals surface area contributed by atoms with Crippen molar-refractivity contribution in [2.75, 3.05) is 6.61 Å². The van der Waals surface area contributed by atoms with Crippen LogP contribution in [-0.2, 0) is 0 Å². The summed E-state index contributed by atoms with van der Waals surface area (Å²) in [7, 11) is 0. The van der Waals surface area contributed by atoms with Crippen LogP contribution in [0.2, 0.25) is 0 Å². The largest absolute Gasteiger partial charge is 0.396 e. The fourth-order valence-electron chi connectivity index (χ4n) is 2.96. The Bertz CT molecular complexity index is 314. The summed E-state index contributed by atoms with van der Waals surface area (Å²) >= 11 is 0. The smallest absolute Gasteiger partial charge is 0.0459 e. The summed E-state index contributed by atoms with van der Waals surface area (Å²) in [6.07, 6.45) is 29.8. The standard InChI is InChI=1S/C23H42O/c1-3-5-6-7-8-9-10-11-12-13-14-15-16-17-18-19-21-23(22-24)20-4-2/h5-6,8-9,11-12,23-24H,3-4,7,10,13-22H2,1-2H3/b6-5-,9-8-,12-11-. The molecule has 0 aromatic heterocycles. The molecule has 0 aromatic rings. The first-order valence-electron chi connectivity index (χ1n) is 10.4. The molecule has 1 N–H and O–H groups in total. The first-order valence-corrected chi connectivity index (χ1v) is 10.4. The molecule has 0 fully saturated rings. The van der Waals surface area contributed by atoms with Crippen molar-refractivity contribution in [1.82, 2.24) is 0 Å². The molecule has 140 valence electrons. The lowest BCUT2D eigenvalue weighted by molar-refractivity contribution is 0.206. The number of hydrogen-bond acceptors (Lipinski definition) is 1. The van der Waals surface area contributed by atoms with E-state index in [1.807, 2.05) is 0 Å². The van der Waals surface area contributed by atoms with Gasteiger partial charge in [-0.15, -0.1) is 0 Å². The van der Waals surface area contributed by atoms with Gasteiger partial charge in [-0.3, -0.25) is 0 Å². The second-order valence-corrected chi connectivity index (χ2v) is 6.83. The van der Waals surface area contributed by atoms with Crippen LogP contribution in [0.15, 0.2) is 36.5 Å². The van der Waals surface area contributed by atoms with Crippen molar-refractivity contribution in [1.29, 1.82) is 0 Å². The normalized spacial score (nSPS) is 13.6. The van der Waals surface area contributed by atoms with Crippen LogP contribution < -0.4 is 0 Å². The maximum absolute atomic E-state index is 9.27.